The number of nitrogens with zero attached hydrogens (tertiary/aromatic N) is 2. The van der Waals surface area contributed by atoms with Gasteiger partial charge in [-0.25, -0.2) is 0 Å². The fourth-order valence-corrected chi connectivity index (χ4v) is 1.74. The first kappa shape index (κ1) is 14.1. The molecule has 2 N–H and O–H groups in total. The van der Waals surface area contributed by atoms with Crippen molar-refractivity contribution in [2.24, 2.45) is 5.73 Å². The van der Waals surface area contributed by atoms with E-state index >= 15 is 0 Å². The van der Waals surface area contributed by atoms with E-state index in [-0.39, 0.29) is 0 Å². The number of rotatable bonds is 6. The molecule has 17 heavy (non-hydrogen) atoms. The highest BCUT2D eigenvalue weighted by Gasteiger charge is 2.12. The maximum atomic E-state index is 5.55. The number of hydrogen-bond acceptors (Lipinski definition) is 3. The van der Waals surface area contributed by atoms with Crippen LogP contribution in [-0.4, -0.2) is 27.5 Å². The zero-order chi connectivity index (χ0) is 12.8. The van der Waals surface area contributed by atoms with Crippen LogP contribution in [0.25, 0.3) is 0 Å². The van der Waals surface area contributed by atoms with Gasteiger partial charge in [0.05, 0.1) is 10.7 Å². The summed E-state index contributed by atoms with van der Waals surface area (Å²) in [7, 11) is 0. The Morgan fingerprint density at radius 3 is 2.76 bits per heavy atom. The van der Waals surface area contributed by atoms with E-state index in [9.17, 15) is 0 Å². The molecule has 0 unspecified atom stereocenters. The maximum Gasteiger partial charge on any atom is 0.0740 e. The van der Waals surface area contributed by atoms with Crippen LogP contribution in [0, 0.1) is 6.92 Å². The van der Waals surface area contributed by atoms with E-state index in [0.717, 1.165) is 25.2 Å². The third-order valence-electron chi connectivity index (χ3n) is 2.85. The minimum Gasteiger partial charge on any atom is -0.393 e. The molecule has 1 heterocycles. The molecule has 0 amide bonds. The monoisotopic (exact) mass is 251 g/mol. The van der Waals surface area contributed by atoms with E-state index < -0.39 is 0 Å². The van der Waals surface area contributed by atoms with Gasteiger partial charge >= 0.3 is 0 Å². The van der Waals surface area contributed by atoms with Gasteiger partial charge < -0.3 is 5.73 Å². The van der Waals surface area contributed by atoms with E-state index in [1.165, 1.54) is 5.56 Å². The van der Waals surface area contributed by atoms with Crippen LogP contribution in [0.5, 0.6) is 0 Å². The summed E-state index contributed by atoms with van der Waals surface area (Å²) in [5.74, 6) is 0. The van der Waals surface area contributed by atoms with Crippen LogP contribution in [0.2, 0.25) is 0 Å². The van der Waals surface area contributed by atoms with Crippen LogP contribution in [0.1, 0.15) is 31.5 Å². The van der Waals surface area contributed by atoms with Crippen LogP contribution < -0.4 is 5.73 Å². The molecule has 0 aliphatic carbocycles. The van der Waals surface area contributed by atoms with Gasteiger partial charge in [-0.05, 0) is 32.4 Å². The topological polar surface area (TPSA) is 42.2 Å². The molecule has 0 radical (unpaired) electrons. The third-order valence-corrected chi connectivity index (χ3v) is 3.05. The highest BCUT2D eigenvalue weighted by Crippen LogP contribution is 2.10. The second-order valence-electron chi connectivity index (χ2n) is 4.55. The summed E-state index contributed by atoms with van der Waals surface area (Å²) in [5.41, 5.74) is 7.91. The average molecular weight is 251 g/mol. The van der Waals surface area contributed by atoms with Crippen molar-refractivity contribution >= 4 is 17.2 Å². The van der Waals surface area contributed by atoms with Gasteiger partial charge in [0.2, 0.25) is 0 Å². The normalized spacial score (nSPS) is 11.1. The number of pyridine rings is 1. The summed E-state index contributed by atoms with van der Waals surface area (Å²) in [4.78, 5) is 7.34. The fourth-order valence-electron chi connectivity index (χ4n) is 1.65. The van der Waals surface area contributed by atoms with Crippen molar-refractivity contribution in [2.75, 3.05) is 6.54 Å². The molecule has 0 aliphatic rings. The minimum absolute atomic E-state index is 0.464. The summed E-state index contributed by atoms with van der Waals surface area (Å²) in [5, 5.41) is 0. The Morgan fingerprint density at radius 2 is 2.24 bits per heavy atom. The molecule has 0 spiro atoms. The van der Waals surface area contributed by atoms with Gasteiger partial charge in [0.15, 0.2) is 0 Å². The predicted octanol–water partition coefficient (Wildman–Crippen LogP) is 2.28. The third kappa shape index (κ3) is 4.79. The van der Waals surface area contributed by atoms with E-state index in [4.69, 9.17) is 18.0 Å². The second kappa shape index (κ2) is 6.67. The molecule has 0 saturated heterocycles. The molecule has 0 saturated carbocycles. The van der Waals surface area contributed by atoms with Gasteiger partial charge in [-0.15, -0.1) is 0 Å². The lowest BCUT2D eigenvalue weighted by Crippen LogP contribution is -2.33. The van der Waals surface area contributed by atoms with E-state index in [1.54, 1.807) is 0 Å². The highest BCUT2D eigenvalue weighted by molar-refractivity contribution is 7.80. The molecule has 1 aromatic heterocycles. The van der Waals surface area contributed by atoms with Gasteiger partial charge in [-0.1, -0.05) is 18.3 Å². The zero-order valence-electron chi connectivity index (χ0n) is 10.8. The Bertz CT molecular complexity index is 377. The molecule has 4 heteroatoms. The number of aryl methyl sites for hydroxylation is 1. The first-order chi connectivity index (χ1) is 8.00. The van der Waals surface area contributed by atoms with Gasteiger partial charge in [0, 0.05) is 31.7 Å². The quantitative estimate of drug-likeness (QED) is 0.788. The van der Waals surface area contributed by atoms with Gasteiger partial charge in [-0.2, -0.15) is 0 Å². The van der Waals surface area contributed by atoms with Crippen molar-refractivity contribution in [3.8, 4) is 0 Å². The van der Waals surface area contributed by atoms with Crippen molar-refractivity contribution in [3.05, 3.63) is 29.6 Å². The standard InChI is InChI=1S/C13H21N3S/c1-10(2)16(8-6-13(14)17)9-12-11(3)5-4-7-15-12/h4-5,7,10H,6,8-9H2,1-3H3,(H2,14,17). The lowest BCUT2D eigenvalue weighted by molar-refractivity contribution is 0.216. The Morgan fingerprint density at radius 1 is 1.53 bits per heavy atom. The molecule has 3 nitrogen and oxygen atoms in total. The molecule has 0 aromatic carbocycles. The van der Waals surface area contributed by atoms with Crippen molar-refractivity contribution in [3.63, 3.8) is 0 Å². The second-order valence-corrected chi connectivity index (χ2v) is 5.07. The van der Waals surface area contributed by atoms with Crippen molar-refractivity contribution in [1.82, 2.24) is 9.88 Å². The smallest absolute Gasteiger partial charge is 0.0740 e. The van der Waals surface area contributed by atoms with Gasteiger partial charge in [0.1, 0.15) is 0 Å². The first-order valence-electron chi connectivity index (χ1n) is 5.93. The molecule has 0 aliphatic heterocycles. The Kier molecular flexibility index (Phi) is 5.51. The largest absolute Gasteiger partial charge is 0.393 e. The summed E-state index contributed by atoms with van der Waals surface area (Å²) in [6, 6.07) is 4.52. The van der Waals surface area contributed by atoms with Crippen molar-refractivity contribution in [2.45, 2.75) is 39.8 Å². The SMILES string of the molecule is Cc1cccnc1CN(CCC(N)=S)C(C)C. The molecular formula is C13H21N3S. The molecule has 0 atom stereocenters. The summed E-state index contributed by atoms with van der Waals surface area (Å²) < 4.78 is 0. The molecule has 0 bridgehead atoms. The van der Waals surface area contributed by atoms with Crippen LogP contribution in [0.15, 0.2) is 18.3 Å². The number of hydrogen-bond donors (Lipinski definition) is 1. The van der Waals surface area contributed by atoms with Gasteiger partial charge in [-0.3, -0.25) is 9.88 Å². The minimum atomic E-state index is 0.464. The van der Waals surface area contributed by atoms with Crippen LogP contribution in [-0.2, 0) is 6.54 Å². The summed E-state index contributed by atoms with van der Waals surface area (Å²) >= 11 is 4.93. The van der Waals surface area contributed by atoms with E-state index in [0.29, 0.717) is 11.0 Å². The number of aromatic nitrogens is 1. The lowest BCUT2D eigenvalue weighted by Gasteiger charge is -2.26. The van der Waals surface area contributed by atoms with Crippen molar-refractivity contribution < 1.29 is 0 Å². The molecule has 1 aromatic rings. The maximum absolute atomic E-state index is 5.55. The van der Waals surface area contributed by atoms with E-state index in [2.05, 4.69) is 36.7 Å². The summed E-state index contributed by atoms with van der Waals surface area (Å²) in [6.45, 7) is 8.19. The molecule has 0 fully saturated rings. The lowest BCUT2D eigenvalue weighted by atomic mass is 10.2. The summed E-state index contributed by atoms with van der Waals surface area (Å²) in [6.07, 6.45) is 2.60. The van der Waals surface area contributed by atoms with Crippen molar-refractivity contribution in [1.29, 1.82) is 0 Å². The van der Waals surface area contributed by atoms with Gasteiger partial charge in [0.25, 0.3) is 0 Å². The average Bonchev–Trinajstić information content (AvgIpc) is 2.25. The van der Waals surface area contributed by atoms with E-state index in [1.807, 2.05) is 12.3 Å². The molecule has 94 valence electrons. The fraction of sp³-hybridized carbons (Fsp3) is 0.538. The predicted molar refractivity (Wildman–Crippen MR) is 75.9 cm³/mol. The number of nitrogens with two attached hydrogens (primary N) is 1. The Hall–Kier alpha value is -1.00. The molecule has 1 rings (SSSR count). The Labute approximate surface area is 109 Å². The van der Waals surface area contributed by atoms with Crippen LogP contribution >= 0.6 is 12.2 Å². The number of thiocarbonyl (C=S) groups is 1. The van der Waals surface area contributed by atoms with Crippen LogP contribution in [0.4, 0.5) is 0 Å². The zero-order valence-corrected chi connectivity index (χ0v) is 11.6. The highest BCUT2D eigenvalue weighted by atomic mass is 32.1. The first-order valence-corrected chi connectivity index (χ1v) is 6.34. The molecular weight excluding hydrogens is 230 g/mol. The van der Waals surface area contributed by atoms with Crippen LogP contribution in [0.3, 0.4) is 0 Å². The Balaban J connectivity index is 2.67.